The van der Waals surface area contributed by atoms with Crippen molar-refractivity contribution < 1.29 is 20.1 Å². The van der Waals surface area contributed by atoms with Gasteiger partial charge in [-0.15, -0.1) is 0 Å². The van der Waals surface area contributed by atoms with E-state index in [-0.39, 0.29) is 6.10 Å². The molecule has 3 N–H and O–H groups in total. The first-order valence-electron chi connectivity index (χ1n) is 3.27. The van der Waals surface area contributed by atoms with Gasteiger partial charge in [-0.3, -0.25) is 0 Å². The van der Waals surface area contributed by atoms with E-state index in [4.69, 9.17) is 14.9 Å². The van der Waals surface area contributed by atoms with E-state index in [2.05, 4.69) is 0 Å². The number of rotatable bonds is 1. The number of hydrogen-bond acceptors (Lipinski definition) is 4. The fraction of sp³-hybridized carbons (Fsp3) is 1.00. The third kappa shape index (κ3) is 1.15. The zero-order valence-corrected chi connectivity index (χ0v) is 5.82. The van der Waals surface area contributed by atoms with Gasteiger partial charge < -0.3 is 20.1 Å². The quantitative estimate of drug-likeness (QED) is 0.438. The van der Waals surface area contributed by atoms with Crippen LogP contribution in [-0.2, 0) is 4.74 Å². The standard InChI is InChI=1S/C6H12O4/c1-4-2-5(8)6(9,3-7)10-4/h4-5,7-9H,2-3H2,1H3/t4-,5+,6+/m0/s1. The molecule has 0 aromatic rings. The minimum absolute atomic E-state index is 0.188. The normalized spacial score (nSPS) is 48.0. The SMILES string of the molecule is C[C@H]1C[C@@H](O)[C@@](O)(CO)O1. The van der Waals surface area contributed by atoms with E-state index in [1.807, 2.05) is 0 Å². The van der Waals surface area contributed by atoms with E-state index in [0.29, 0.717) is 6.42 Å². The van der Waals surface area contributed by atoms with Gasteiger partial charge in [0.1, 0.15) is 6.10 Å². The van der Waals surface area contributed by atoms with Gasteiger partial charge in [-0.25, -0.2) is 0 Å². The molecular formula is C6H12O4. The minimum atomic E-state index is -1.72. The zero-order chi connectivity index (χ0) is 7.78. The molecule has 0 aromatic carbocycles. The second kappa shape index (κ2) is 2.47. The predicted octanol–water partition coefficient (Wildman–Crippen LogP) is -1.16. The maximum absolute atomic E-state index is 9.22. The Labute approximate surface area is 59.1 Å². The van der Waals surface area contributed by atoms with Crippen LogP contribution in [0.25, 0.3) is 0 Å². The van der Waals surface area contributed by atoms with Crippen LogP contribution in [0.4, 0.5) is 0 Å². The maximum Gasteiger partial charge on any atom is 0.216 e. The van der Waals surface area contributed by atoms with Gasteiger partial charge in [0.05, 0.1) is 12.7 Å². The summed E-state index contributed by atoms with van der Waals surface area (Å²) in [5, 5.41) is 26.9. The fourth-order valence-corrected chi connectivity index (χ4v) is 1.12. The Kier molecular flexibility index (Phi) is 1.96. The van der Waals surface area contributed by atoms with Gasteiger partial charge in [-0.1, -0.05) is 0 Å². The average Bonchev–Trinajstić information content (AvgIpc) is 2.09. The molecule has 0 spiro atoms. The van der Waals surface area contributed by atoms with E-state index in [1.54, 1.807) is 6.92 Å². The number of hydrogen-bond donors (Lipinski definition) is 3. The molecule has 1 rings (SSSR count). The lowest BCUT2D eigenvalue weighted by molar-refractivity contribution is -0.243. The Balaban J connectivity index is 2.61. The van der Waals surface area contributed by atoms with Crippen LogP contribution in [0.1, 0.15) is 13.3 Å². The summed E-state index contributed by atoms with van der Waals surface area (Å²) in [4.78, 5) is 0. The molecule has 0 saturated carbocycles. The molecule has 4 nitrogen and oxygen atoms in total. The first-order valence-corrected chi connectivity index (χ1v) is 3.27. The smallest absolute Gasteiger partial charge is 0.216 e. The Bertz CT molecular complexity index is 127. The summed E-state index contributed by atoms with van der Waals surface area (Å²) in [6.45, 7) is 1.18. The molecule has 0 unspecified atom stereocenters. The Hall–Kier alpha value is -0.160. The van der Waals surface area contributed by atoms with Crippen molar-refractivity contribution in [3.05, 3.63) is 0 Å². The van der Waals surface area contributed by atoms with Crippen LogP contribution in [0.2, 0.25) is 0 Å². The Morgan fingerprint density at radius 2 is 2.30 bits per heavy atom. The first-order chi connectivity index (χ1) is 4.58. The van der Waals surface area contributed by atoms with Gasteiger partial charge in [-0.2, -0.15) is 0 Å². The second-order valence-corrected chi connectivity index (χ2v) is 2.68. The molecule has 0 aromatic heterocycles. The van der Waals surface area contributed by atoms with Crippen molar-refractivity contribution in [3.8, 4) is 0 Å². The van der Waals surface area contributed by atoms with Crippen molar-refractivity contribution in [3.63, 3.8) is 0 Å². The molecular weight excluding hydrogens is 136 g/mol. The Morgan fingerprint density at radius 3 is 2.50 bits per heavy atom. The molecule has 0 amide bonds. The molecule has 0 aliphatic carbocycles. The molecule has 1 aliphatic rings. The van der Waals surface area contributed by atoms with E-state index < -0.39 is 18.5 Å². The van der Waals surface area contributed by atoms with Gasteiger partial charge in [0.25, 0.3) is 0 Å². The predicted molar refractivity (Wildman–Crippen MR) is 33.2 cm³/mol. The molecule has 0 radical (unpaired) electrons. The summed E-state index contributed by atoms with van der Waals surface area (Å²) in [6.07, 6.45) is -0.781. The molecule has 0 bridgehead atoms. The van der Waals surface area contributed by atoms with Crippen LogP contribution in [-0.4, -0.2) is 39.9 Å². The summed E-state index contributed by atoms with van der Waals surface area (Å²) in [7, 11) is 0. The van der Waals surface area contributed by atoms with Crippen molar-refractivity contribution >= 4 is 0 Å². The highest BCUT2D eigenvalue weighted by atomic mass is 16.7. The Morgan fingerprint density at radius 1 is 1.70 bits per heavy atom. The van der Waals surface area contributed by atoms with Gasteiger partial charge in [0.15, 0.2) is 0 Å². The fourth-order valence-electron chi connectivity index (χ4n) is 1.12. The van der Waals surface area contributed by atoms with Crippen molar-refractivity contribution in [2.45, 2.75) is 31.3 Å². The molecule has 1 heterocycles. The highest BCUT2D eigenvalue weighted by molar-refractivity contribution is 4.85. The summed E-state index contributed by atoms with van der Waals surface area (Å²) in [6, 6.07) is 0. The highest BCUT2D eigenvalue weighted by Gasteiger charge is 2.44. The lowest BCUT2D eigenvalue weighted by Crippen LogP contribution is -2.42. The van der Waals surface area contributed by atoms with E-state index >= 15 is 0 Å². The van der Waals surface area contributed by atoms with E-state index in [1.165, 1.54) is 0 Å². The van der Waals surface area contributed by atoms with E-state index in [9.17, 15) is 5.11 Å². The molecule has 1 aliphatic heterocycles. The largest absolute Gasteiger partial charge is 0.391 e. The van der Waals surface area contributed by atoms with Gasteiger partial charge in [0.2, 0.25) is 5.79 Å². The number of aliphatic hydroxyl groups excluding tert-OH is 2. The van der Waals surface area contributed by atoms with Crippen molar-refractivity contribution in [2.75, 3.05) is 6.61 Å². The molecule has 3 atom stereocenters. The van der Waals surface area contributed by atoms with Crippen molar-refractivity contribution in [2.24, 2.45) is 0 Å². The van der Waals surface area contributed by atoms with Crippen molar-refractivity contribution in [1.29, 1.82) is 0 Å². The van der Waals surface area contributed by atoms with Crippen LogP contribution in [0.5, 0.6) is 0 Å². The lowest BCUT2D eigenvalue weighted by atomic mass is 10.1. The third-order valence-electron chi connectivity index (χ3n) is 1.71. The monoisotopic (exact) mass is 148 g/mol. The van der Waals surface area contributed by atoms with E-state index in [0.717, 1.165) is 0 Å². The maximum atomic E-state index is 9.22. The van der Waals surface area contributed by atoms with Gasteiger partial charge in [0, 0.05) is 6.42 Å². The van der Waals surface area contributed by atoms with Crippen molar-refractivity contribution in [1.82, 2.24) is 0 Å². The molecule has 60 valence electrons. The molecule has 1 fully saturated rings. The average molecular weight is 148 g/mol. The van der Waals surface area contributed by atoms with Crippen LogP contribution in [0, 0.1) is 0 Å². The van der Waals surface area contributed by atoms with Crippen LogP contribution in [0.15, 0.2) is 0 Å². The summed E-state index contributed by atoms with van der Waals surface area (Å²) in [5.41, 5.74) is 0. The molecule has 10 heavy (non-hydrogen) atoms. The summed E-state index contributed by atoms with van der Waals surface area (Å²) < 4.78 is 4.87. The van der Waals surface area contributed by atoms with Gasteiger partial charge in [-0.05, 0) is 6.92 Å². The number of ether oxygens (including phenoxy) is 1. The van der Waals surface area contributed by atoms with Gasteiger partial charge >= 0.3 is 0 Å². The minimum Gasteiger partial charge on any atom is -0.391 e. The van der Waals surface area contributed by atoms with Crippen LogP contribution >= 0.6 is 0 Å². The van der Waals surface area contributed by atoms with Crippen LogP contribution < -0.4 is 0 Å². The number of aliphatic hydroxyl groups is 3. The first kappa shape index (κ1) is 7.94. The summed E-state index contributed by atoms with van der Waals surface area (Å²) >= 11 is 0. The van der Waals surface area contributed by atoms with Crippen LogP contribution in [0.3, 0.4) is 0 Å². The summed E-state index contributed by atoms with van der Waals surface area (Å²) in [5.74, 6) is -1.72. The molecule has 4 heteroatoms. The molecule has 1 saturated heterocycles. The third-order valence-corrected chi connectivity index (χ3v) is 1.71. The lowest BCUT2D eigenvalue weighted by Gasteiger charge is -2.22. The zero-order valence-electron chi connectivity index (χ0n) is 5.82. The highest BCUT2D eigenvalue weighted by Crippen LogP contribution is 2.27. The second-order valence-electron chi connectivity index (χ2n) is 2.68. The topological polar surface area (TPSA) is 69.9 Å².